The van der Waals surface area contributed by atoms with Crippen molar-refractivity contribution in [2.45, 2.75) is 50.9 Å². The molecule has 1 aliphatic carbocycles. The second-order valence-corrected chi connectivity index (χ2v) is 6.01. The molecule has 114 valence electrons. The molecule has 0 spiro atoms. The van der Waals surface area contributed by atoms with E-state index in [4.69, 9.17) is 4.74 Å². The summed E-state index contributed by atoms with van der Waals surface area (Å²) in [5.41, 5.74) is 0. The Kier molecular flexibility index (Phi) is 6.39. The summed E-state index contributed by atoms with van der Waals surface area (Å²) < 4.78 is 10.0. The zero-order valence-corrected chi connectivity index (χ0v) is 13.0. The standard InChI is InChI=1S/C14H25N3O2S/c1-2-15-14(20)17-7-10-9-19-12(6-13(10)18)8-16-11-4-3-5-11/h7,10-13,16,18H,2-6,8-9H2,1H3,(H,15,20)/p+1/t10?,12?,13-/m0/s1. The predicted molar refractivity (Wildman–Crippen MR) is 85.4 cm³/mol. The smallest absolute Gasteiger partial charge is 0.392 e. The van der Waals surface area contributed by atoms with Crippen molar-refractivity contribution in [3.63, 3.8) is 0 Å². The quantitative estimate of drug-likeness (QED) is 0.248. The first-order valence-corrected chi connectivity index (χ1v) is 8.00. The lowest BCUT2D eigenvalue weighted by atomic mass is 9.92. The van der Waals surface area contributed by atoms with Gasteiger partial charge < -0.3 is 15.2 Å². The fourth-order valence-corrected chi connectivity index (χ4v) is 2.66. The minimum atomic E-state index is -0.386. The lowest BCUT2D eigenvalue weighted by molar-refractivity contribution is -0.0619. The number of ether oxygens (including phenoxy) is 1. The first kappa shape index (κ1) is 15.9. The van der Waals surface area contributed by atoms with E-state index in [-0.39, 0.29) is 18.1 Å². The topological polar surface area (TPSA) is 67.6 Å². The number of amidine groups is 1. The summed E-state index contributed by atoms with van der Waals surface area (Å²) in [5.74, 6) is -0.0456. The van der Waals surface area contributed by atoms with E-state index in [0.717, 1.165) is 13.1 Å². The third-order valence-electron chi connectivity index (χ3n) is 3.99. The maximum Gasteiger partial charge on any atom is 0.400 e. The van der Waals surface area contributed by atoms with Gasteiger partial charge in [0, 0.05) is 19.0 Å². The molecule has 3 N–H and O–H groups in total. The second-order valence-electron chi connectivity index (χ2n) is 5.59. The summed E-state index contributed by atoms with van der Waals surface area (Å²) in [4.78, 5) is 0. The molecule has 0 aromatic rings. The highest BCUT2D eigenvalue weighted by molar-refractivity contribution is 7.96. The van der Waals surface area contributed by atoms with Gasteiger partial charge in [-0.3, -0.25) is 5.32 Å². The van der Waals surface area contributed by atoms with E-state index in [2.05, 4.69) is 27.9 Å². The van der Waals surface area contributed by atoms with Crippen LogP contribution in [0.4, 0.5) is 0 Å². The molecule has 6 heteroatoms. The number of nitrogens with one attached hydrogen (secondary N) is 2. The first-order valence-electron chi connectivity index (χ1n) is 7.56. The van der Waals surface area contributed by atoms with Crippen molar-refractivity contribution in [1.29, 1.82) is 0 Å². The van der Waals surface area contributed by atoms with Crippen LogP contribution in [0.3, 0.4) is 0 Å². The Bertz CT molecular complexity index is 367. The van der Waals surface area contributed by atoms with Gasteiger partial charge in [0.25, 0.3) is 0 Å². The predicted octanol–water partition coefficient (Wildman–Crippen LogP) is -0.0722. The molecule has 0 amide bonds. The molecule has 1 heterocycles. The van der Waals surface area contributed by atoms with Gasteiger partial charge >= 0.3 is 5.17 Å². The highest BCUT2D eigenvalue weighted by Crippen LogP contribution is 2.21. The minimum Gasteiger partial charge on any atom is -0.392 e. The van der Waals surface area contributed by atoms with Gasteiger partial charge in [-0.15, -0.1) is 0 Å². The lowest BCUT2D eigenvalue weighted by Crippen LogP contribution is -2.46. The summed E-state index contributed by atoms with van der Waals surface area (Å²) in [6.07, 6.45) is 6.01. The van der Waals surface area contributed by atoms with Crippen molar-refractivity contribution >= 4 is 24.0 Å². The van der Waals surface area contributed by atoms with E-state index in [1.165, 1.54) is 19.3 Å². The van der Waals surface area contributed by atoms with Crippen LogP contribution in [-0.2, 0) is 4.74 Å². The molecule has 2 aliphatic rings. The number of nitrogens with zero attached hydrogens (tertiary/aromatic N) is 1. The Morgan fingerprint density at radius 3 is 2.90 bits per heavy atom. The molecule has 3 atom stereocenters. The van der Waals surface area contributed by atoms with Crippen LogP contribution >= 0.6 is 12.6 Å². The lowest BCUT2D eigenvalue weighted by Gasteiger charge is -2.33. The van der Waals surface area contributed by atoms with E-state index < -0.39 is 0 Å². The number of thiol groups is 1. The molecule has 0 radical (unpaired) electrons. The van der Waals surface area contributed by atoms with Gasteiger partial charge in [0.1, 0.15) is 0 Å². The number of hydrogen-bond acceptors (Lipinski definition) is 3. The van der Waals surface area contributed by atoms with Crippen LogP contribution in [-0.4, -0.2) is 54.4 Å². The molecular weight excluding hydrogens is 274 g/mol. The van der Waals surface area contributed by atoms with Crippen LogP contribution in [0.15, 0.2) is 0 Å². The van der Waals surface area contributed by atoms with Crippen LogP contribution in [0.1, 0.15) is 32.6 Å². The summed E-state index contributed by atoms with van der Waals surface area (Å²) >= 11 is 4.21. The van der Waals surface area contributed by atoms with Crippen molar-refractivity contribution < 1.29 is 9.84 Å². The first-order chi connectivity index (χ1) is 9.69. The maximum atomic E-state index is 10.2. The third-order valence-corrected chi connectivity index (χ3v) is 4.26. The molecule has 2 fully saturated rings. The van der Waals surface area contributed by atoms with Crippen molar-refractivity contribution in [3.05, 3.63) is 0 Å². The monoisotopic (exact) mass is 300 g/mol. The molecular formula is C14H26N3O2S+. The average molecular weight is 300 g/mol. The Balaban J connectivity index is 1.75. The molecule has 2 rings (SSSR count). The van der Waals surface area contributed by atoms with Crippen LogP contribution in [0.2, 0.25) is 0 Å². The Morgan fingerprint density at radius 1 is 1.50 bits per heavy atom. The molecule has 1 aliphatic heterocycles. The normalized spacial score (nSPS) is 30.2. The zero-order valence-electron chi connectivity index (χ0n) is 12.1. The molecule has 0 bridgehead atoms. The largest absolute Gasteiger partial charge is 0.400 e. The second kappa shape index (κ2) is 8.05. The molecule has 20 heavy (non-hydrogen) atoms. The van der Waals surface area contributed by atoms with Crippen molar-refractivity contribution in [3.8, 4) is 0 Å². The summed E-state index contributed by atoms with van der Waals surface area (Å²) in [6, 6.07) is 0.663. The summed E-state index contributed by atoms with van der Waals surface area (Å²) in [7, 11) is 0. The van der Waals surface area contributed by atoms with E-state index in [1.807, 2.05) is 6.92 Å². The molecule has 0 aromatic carbocycles. The van der Waals surface area contributed by atoms with E-state index >= 15 is 0 Å². The van der Waals surface area contributed by atoms with Crippen LogP contribution < -0.4 is 15.3 Å². The van der Waals surface area contributed by atoms with Crippen LogP contribution in [0.25, 0.3) is 0 Å². The molecule has 5 nitrogen and oxygen atoms in total. The highest BCUT2D eigenvalue weighted by Gasteiger charge is 2.31. The minimum absolute atomic E-state index is 0.0456. The number of rotatable bonds is 5. The molecule has 1 saturated heterocycles. The molecule has 1 saturated carbocycles. The SMILES string of the molecule is CCNC(S)=[N+]=CC1COC(CNC2CCC2)C[C@@H]1O. The Hall–Kier alpha value is -0.520. The maximum absolute atomic E-state index is 10.2. The van der Waals surface area contributed by atoms with E-state index in [0.29, 0.717) is 24.2 Å². The third kappa shape index (κ3) is 4.79. The summed E-state index contributed by atoms with van der Waals surface area (Å²) in [6.45, 7) is 4.14. The van der Waals surface area contributed by atoms with Gasteiger partial charge in [-0.2, -0.15) is 0 Å². The van der Waals surface area contributed by atoms with Gasteiger partial charge in [-0.25, -0.2) is 4.67 Å². The molecule has 0 aromatic heterocycles. The van der Waals surface area contributed by atoms with Gasteiger partial charge in [0.15, 0.2) is 6.21 Å². The number of aliphatic hydroxyl groups is 1. The van der Waals surface area contributed by atoms with Gasteiger partial charge in [0.05, 0.1) is 31.3 Å². The van der Waals surface area contributed by atoms with Gasteiger partial charge in [0.2, 0.25) is 0 Å². The molecule has 2 unspecified atom stereocenters. The number of aliphatic hydroxyl groups excluding tert-OH is 1. The fourth-order valence-electron chi connectivity index (χ4n) is 2.44. The zero-order chi connectivity index (χ0) is 14.4. The van der Waals surface area contributed by atoms with Crippen LogP contribution in [0, 0.1) is 5.92 Å². The van der Waals surface area contributed by atoms with Crippen molar-refractivity contribution in [1.82, 2.24) is 15.3 Å². The van der Waals surface area contributed by atoms with E-state index in [9.17, 15) is 5.11 Å². The fraction of sp³-hybridized carbons (Fsp3) is 0.857. The number of hydrogen-bond donors (Lipinski definition) is 4. The Labute approximate surface area is 126 Å². The van der Waals surface area contributed by atoms with Crippen molar-refractivity contribution in [2.24, 2.45) is 5.92 Å². The van der Waals surface area contributed by atoms with Crippen molar-refractivity contribution in [2.75, 3.05) is 19.7 Å². The Morgan fingerprint density at radius 2 is 2.30 bits per heavy atom. The highest BCUT2D eigenvalue weighted by atomic mass is 32.1. The summed E-state index contributed by atoms with van der Waals surface area (Å²) in [5, 5.41) is 17.2. The van der Waals surface area contributed by atoms with E-state index in [1.54, 1.807) is 6.21 Å². The van der Waals surface area contributed by atoms with Gasteiger partial charge in [-0.1, -0.05) is 6.42 Å². The van der Waals surface area contributed by atoms with Crippen LogP contribution in [0.5, 0.6) is 0 Å². The average Bonchev–Trinajstić information content (AvgIpc) is 2.36. The van der Waals surface area contributed by atoms with Gasteiger partial charge in [-0.05, 0) is 32.4 Å².